The lowest BCUT2D eigenvalue weighted by Gasteiger charge is -2.17. The minimum Gasteiger partial charge on any atom is -0.365 e. The van der Waals surface area contributed by atoms with E-state index in [4.69, 9.17) is 11.5 Å². The first-order valence-corrected chi connectivity index (χ1v) is 2.33. The Kier molecular flexibility index (Phi) is 2.53. The summed E-state index contributed by atoms with van der Waals surface area (Å²) in [5.74, 6) is 1.14. The number of hydrogen-bond acceptors (Lipinski definition) is 2. The average Bonchev–Trinajstić information content (AvgIpc) is 1.67. The van der Waals surface area contributed by atoms with Gasteiger partial charge in [0.05, 0.1) is 6.42 Å². The Morgan fingerprint density at radius 3 is 2.50 bits per heavy atom. The molecular formula is C6H10O2. The first-order valence-electron chi connectivity index (χ1n) is 2.33. The van der Waals surface area contributed by atoms with Crippen molar-refractivity contribution >= 4 is 0 Å². The van der Waals surface area contributed by atoms with Crippen LogP contribution in [0.5, 0.6) is 0 Å². The van der Waals surface area contributed by atoms with E-state index >= 15 is 0 Å². The van der Waals surface area contributed by atoms with Crippen LogP contribution in [0.15, 0.2) is 0 Å². The highest BCUT2D eigenvalue weighted by Gasteiger charge is 2.15. The molecule has 1 unspecified atom stereocenters. The summed E-state index contributed by atoms with van der Waals surface area (Å²) < 4.78 is 4.59. The lowest BCUT2D eigenvalue weighted by atomic mass is 10.2. The van der Waals surface area contributed by atoms with Gasteiger partial charge in [-0.15, -0.1) is 12.3 Å². The number of ether oxygens (including phenoxy) is 1. The fraction of sp³-hybridized carbons (Fsp3) is 0.667. The molecule has 0 aliphatic carbocycles. The molecule has 0 aromatic rings. The molecule has 0 bridgehead atoms. The van der Waals surface area contributed by atoms with Crippen molar-refractivity contribution in [2.75, 3.05) is 7.11 Å². The van der Waals surface area contributed by atoms with E-state index in [2.05, 4.69) is 10.7 Å². The number of methoxy groups -OCH3 is 1. The fourth-order valence-corrected chi connectivity index (χ4v) is 0.262. The van der Waals surface area contributed by atoms with Crippen LogP contribution in [0, 0.1) is 12.3 Å². The second-order valence-electron chi connectivity index (χ2n) is 1.76. The highest BCUT2D eigenvalue weighted by molar-refractivity contribution is 4.88. The molecule has 0 saturated carbocycles. The van der Waals surface area contributed by atoms with Gasteiger partial charge in [0.25, 0.3) is 0 Å². The van der Waals surface area contributed by atoms with Gasteiger partial charge in [-0.2, -0.15) is 0 Å². The zero-order chi connectivity index (χ0) is 6.62. The molecule has 46 valence electrons. The minimum atomic E-state index is -1.14. The van der Waals surface area contributed by atoms with E-state index in [1.165, 1.54) is 14.0 Å². The summed E-state index contributed by atoms with van der Waals surface area (Å²) in [7, 11) is 1.41. The van der Waals surface area contributed by atoms with Crippen molar-refractivity contribution in [3.63, 3.8) is 0 Å². The fourth-order valence-electron chi connectivity index (χ4n) is 0.262. The van der Waals surface area contributed by atoms with Gasteiger partial charge in [0, 0.05) is 7.11 Å². The molecule has 0 heterocycles. The lowest BCUT2D eigenvalue weighted by molar-refractivity contribution is -0.165. The quantitative estimate of drug-likeness (QED) is 0.415. The van der Waals surface area contributed by atoms with Crippen molar-refractivity contribution in [2.45, 2.75) is 19.1 Å². The SMILES string of the molecule is C#CCC(C)(O)OC. The highest BCUT2D eigenvalue weighted by Crippen LogP contribution is 2.06. The van der Waals surface area contributed by atoms with Gasteiger partial charge < -0.3 is 9.84 Å². The van der Waals surface area contributed by atoms with Gasteiger partial charge in [0.1, 0.15) is 0 Å². The van der Waals surface area contributed by atoms with E-state index in [1.807, 2.05) is 0 Å². The molecule has 1 N–H and O–H groups in total. The molecule has 0 aromatic carbocycles. The lowest BCUT2D eigenvalue weighted by Crippen LogP contribution is -2.25. The maximum atomic E-state index is 8.96. The molecule has 0 saturated heterocycles. The first-order chi connectivity index (χ1) is 3.62. The van der Waals surface area contributed by atoms with Crippen LogP contribution in [0.1, 0.15) is 13.3 Å². The normalized spacial score (nSPS) is 16.8. The summed E-state index contributed by atoms with van der Waals surface area (Å²) in [5.41, 5.74) is 0. The van der Waals surface area contributed by atoms with Crippen molar-refractivity contribution in [1.82, 2.24) is 0 Å². The number of aliphatic hydroxyl groups is 1. The average molecular weight is 114 g/mol. The van der Waals surface area contributed by atoms with Crippen LogP contribution < -0.4 is 0 Å². The predicted molar refractivity (Wildman–Crippen MR) is 31.1 cm³/mol. The topological polar surface area (TPSA) is 29.5 Å². The van der Waals surface area contributed by atoms with Crippen molar-refractivity contribution in [2.24, 2.45) is 0 Å². The van der Waals surface area contributed by atoms with E-state index in [-0.39, 0.29) is 6.42 Å². The van der Waals surface area contributed by atoms with E-state index in [9.17, 15) is 0 Å². The molecule has 0 aliphatic rings. The van der Waals surface area contributed by atoms with Gasteiger partial charge in [-0.1, -0.05) is 0 Å². The van der Waals surface area contributed by atoms with Crippen LogP contribution in [0.3, 0.4) is 0 Å². The summed E-state index contributed by atoms with van der Waals surface area (Å²) in [6.07, 6.45) is 5.13. The molecule has 0 rings (SSSR count). The van der Waals surface area contributed by atoms with Crippen molar-refractivity contribution in [3.8, 4) is 12.3 Å². The van der Waals surface area contributed by atoms with E-state index < -0.39 is 5.79 Å². The van der Waals surface area contributed by atoms with Crippen molar-refractivity contribution in [3.05, 3.63) is 0 Å². The Bertz CT molecular complexity index is 99.6. The number of terminal acetylenes is 1. The third-order valence-corrected chi connectivity index (χ3v) is 0.870. The first kappa shape index (κ1) is 7.48. The predicted octanol–water partition coefficient (Wildman–Crippen LogP) is 0.365. The maximum absolute atomic E-state index is 8.96. The monoisotopic (exact) mass is 114 g/mol. The van der Waals surface area contributed by atoms with Crippen LogP contribution in [-0.2, 0) is 4.74 Å². The third-order valence-electron chi connectivity index (χ3n) is 0.870. The second-order valence-corrected chi connectivity index (χ2v) is 1.76. The van der Waals surface area contributed by atoms with E-state index in [1.54, 1.807) is 0 Å². The van der Waals surface area contributed by atoms with Crippen molar-refractivity contribution in [1.29, 1.82) is 0 Å². The van der Waals surface area contributed by atoms with Gasteiger partial charge in [0.15, 0.2) is 5.79 Å². The van der Waals surface area contributed by atoms with Crippen LogP contribution in [0.25, 0.3) is 0 Å². The van der Waals surface area contributed by atoms with Gasteiger partial charge in [0.2, 0.25) is 0 Å². The summed E-state index contributed by atoms with van der Waals surface area (Å²) in [6.45, 7) is 1.52. The van der Waals surface area contributed by atoms with Crippen LogP contribution in [0.4, 0.5) is 0 Å². The summed E-state index contributed by atoms with van der Waals surface area (Å²) >= 11 is 0. The molecule has 0 fully saturated rings. The molecular weight excluding hydrogens is 104 g/mol. The minimum absolute atomic E-state index is 0.226. The van der Waals surface area contributed by atoms with E-state index in [0.717, 1.165) is 0 Å². The molecule has 0 radical (unpaired) electrons. The third kappa shape index (κ3) is 2.62. The number of hydrogen-bond donors (Lipinski definition) is 1. The second kappa shape index (κ2) is 2.71. The van der Waals surface area contributed by atoms with Gasteiger partial charge >= 0.3 is 0 Å². The zero-order valence-corrected chi connectivity index (χ0v) is 5.14. The smallest absolute Gasteiger partial charge is 0.173 e. The molecule has 2 heteroatoms. The van der Waals surface area contributed by atoms with Crippen LogP contribution in [-0.4, -0.2) is 18.0 Å². The molecule has 0 aliphatic heterocycles. The summed E-state index contributed by atoms with van der Waals surface area (Å²) in [4.78, 5) is 0. The largest absolute Gasteiger partial charge is 0.365 e. The van der Waals surface area contributed by atoms with Crippen LogP contribution in [0.2, 0.25) is 0 Å². The van der Waals surface area contributed by atoms with Gasteiger partial charge in [-0.25, -0.2) is 0 Å². The maximum Gasteiger partial charge on any atom is 0.173 e. The highest BCUT2D eigenvalue weighted by atomic mass is 16.6. The Morgan fingerprint density at radius 1 is 1.88 bits per heavy atom. The molecule has 0 spiro atoms. The number of rotatable bonds is 2. The van der Waals surface area contributed by atoms with Gasteiger partial charge in [-0.05, 0) is 6.92 Å². The van der Waals surface area contributed by atoms with Crippen LogP contribution >= 0.6 is 0 Å². The Labute approximate surface area is 49.5 Å². The molecule has 0 aromatic heterocycles. The van der Waals surface area contributed by atoms with E-state index in [0.29, 0.717) is 0 Å². The zero-order valence-electron chi connectivity index (χ0n) is 5.14. The van der Waals surface area contributed by atoms with Gasteiger partial charge in [-0.3, -0.25) is 0 Å². The standard InChI is InChI=1S/C6H10O2/c1-4-5-6(2,7)8-3/h1,7H,5H2,2-3H3. The molecule has 8 heavy (non-hydrogen) atoms. The van der Waals surface area contributed by atoms with Crippen molar-refractivity contribution < 1.29 is 9.84 Å². The summed E-state index contributed by atoms with van der Waals surface area (Å²) in [5, 5.41) is 8.96. The Hall–Kier alpha value is -0.520. The molecule has 0 amide bonds. The molecule has 2 nitrogen and oxygen atoms in total. The Balaban J connectivity index is 3.58. The summed E-state index contributed by atoms with van der Waals surface area (Å²) in [6, 6.07) is 0. The Morgan fingerprint density at radius 2 is 2.38 bits per heavy atom. The molecule has 1 atom stereocenters.